The maximum absolute atomic E-state index is 13.1. The largest absolute Gasteiger partial charge is 0.398 e. The minimum Gasteiger partial charge on any atom is -0.398 e. The Kier molecular flexibility index (Phi) is 4.23. The number of nitrogens with two attached hydrogens (primary N) is 2. The van der Waals surface area contributed by atoms with Gasteiger partial charge in [-0.2, -0.15) is 0 Å². The normalized spacial score (nSPS) is 12.3. The van der Waals surface area contributed by atoms with Crippen LogP contribution in [0.5, 0.6) is 0 Å². The molecule has 0 spiro atoms. The molecule has 2 aromatic rings. The molecule has 0 saturated carbocycles. The number of hydrogen-bond donors (Lipinski definition) is 2. The molecule has 1 unspecified atom stereocenters. The molecule has 2 rings (SSSR count). The Morgan fingerprint density at radius 1 is 1.11 bits per heavy atom. The molecule has 0 heterocycles. The number of rotatable bonds is 4. The molecule has 0 aliphatic heterocycles. The fourth-order valence-electron chi connectivity index (χ4n) is 1.61. The third-order valence-corrected chi connectivity index (χ3v) is 3.81. The van der Waals surface area contributed by atoms with Crippen LogP contribution in [0.15, 0.2) is 53.4 Å². The van der Waals surface area contributed by atoms with E-state index in [2.05, 4.69) is 0 Å². The second-order valence-corrected chi connectivity index (χ2v) is 5.07. The standard InChI is InChI=1S/C14H15FN2S/c15-11-6-7-12(16)14(8-11)18-9-13(17)10-4-2-1-3-5-10/h1-8,13H,9,16-17H2. The summed E-state index contributed by atoms with van der Waals surface area (Å²) in [5.41, 5.74) is 13.5. The number of halogens is 1. The summed E-state index contributed by atoms with van der Waals surface area (Å²) >= 11 is 1.47. The quantitative estimate of drug-likeness (QED) is 0.657. The predicted octanol–water partition coefficient (Wildman–Crippen LogP) is 3.20. The minimum atomic E-state index is -0.278. The zero-order valence-corrected chi connectivity index (χ0v) is 10.7. The van der Waals surface area contributed by atoms with Crippen molar-refractivity contribution in [1.29, 1.82) is 0 Å². The molecule has 2 nitrogen and oxygen atoms in total. The van der Waals surface area contributed by atoms with Gasteiger partial charge in [0, 0.05) is 22.4 Å². The van der Waals surface area contributed by atoms with E-state index < -0.39 is 0 Å². The Morgan fingerprint density at radius 3 is 2.56 bits per heavy atom. The van der Waals surface area contributed by atoms with Crippen LogP contribution >= 0.6 is 11.8 Å². The molecule has 94 valence electrons. The number of anilines is 1. The van der Waals surface area contributed by atoms with Crippen LogP contribution in [0.4, 0.5) is 10.1 Å². The Hall–Kier alpha value is -1.52. The molecule has 18 heavy (non-hydrogen) atoms. The number of hydrogen-bond acceptors (Lipinski definition) is 3. The van der Waals surface area contributed by atoms with Gasteiger partial charge in [-0.25, -0.2) is 4.39 Å². The second-order valence-electron chi connectivity index (χ2n) is 4.01. The van der Waals surface area contributed by atoms with E-state index in [0.717, 1.165) is 10.5 Å². The lowest BCUT2D eigenvalue weighted by Gasteiger charge is -2.12. The van der Waals surface area contributed by atoms with Crippen LogP contribution in [-0.2, 0) is 0 Å². The van der Waals surface area contributed by atoms with Crippen molar-refractivity contribution >= 4 is 17.4 Å². The van der Waals surface area contributed by atoms with E-state index in [1.54, 1.807) is 6.07 Å². The Bertz CT molecular complexity index is 516. The number of thioether (sulfide) groups is 1. The summed E-state index contributed by atoms with van der Waals surface area (Å²) in [4.78, 5) is 0.737. The minimum absolute atomic E-state index is 0.0844. The average molecular weight is 262 g/mol. The highest BCUT2D eigenvalue weighted by Gasteiger charge is 2.08. The van der Waals surface area contributed by atoms with Gasteiger partial charge >= 0.3 is 0 Å². The summed E-state index contributed by atoms with van der Waals surface area (Å²) in [7, 11) is 0. The molecule has 0 amide bonds. The summed E-state index contributed by atoms with van der Waals surface area (Å²) in [6.07, 6.45) is 0. The summed E-state index contributed by atoms with van der Waals surface area (Å²) in [5.74, 6) is 0.387. The Balaban J connectivity index is 2.01. The molecule has 0 bridgehead atoms. The van der Waals surface area contributed by atoms with Gasteiger partial charge in [0.15, 0.2) is 0 Å². The van der Waals surface area contributed by atoms with Gasteiger partial charge in [0.1, 0.15) is 5.82 Å². The van der Waals surface area contributed by atoms with Crippen molar-refractivity contribution in [2.75, 3.05) is 11.5 Å². The highest BCUT2D eigenvalue weighted by molar-refractivity contribution is 7.99. The lowest BCUT2D eigenvalue weighted by molar-refractivity contribution is 0.624. The van der Waals surface area contributed by atoms with E-state index in [4.69, 9.17) is 11.5 Å². The van der Waals surface area contributed by atoms with Crippen molar-refractivity contribution in [2.45, 2.75) is 10.9 Å². The maximum atomic E-state index is 13.1. The second kappa shape index (κ2) is 5.89. The Labute approximate surface area is 110 Å². The van der Waals surface area contributed by atoms with E-state index in [0.29, 0.717) is 11.4 Å². The summed E-state index contributed by atoms with van der Waals surface area (Å²) in [6.45, 7) is 0. The third-order valence-electron chi connectivity index (χ3n) is 2.62. The first kappa shape index (κ1) is 12.9. The summed E-state index contributed by atoms with van der Waals surface area (Å²) < 4.78 is 13.1. The molecule has 4 heteroatoms. The molecule has 0 aliphatic carbocycles. The first-order chi connectivity index (χ1) is 8.66. The number of nitrogen functional groups attached to an aromatic ring is 1. The lowest BCUT2D eigenvalue weighted by Crippen LogP contribution is -2.12. The van der Waals surface area contributed by atoms with Crippen LogP contribution in [0, 0.1) is 5.82 Å². The molecule has 0 radical (unpaired) electrons. The van der Waals surface area contributed by atoms with E-state index in [-0.39, 0.29) is 11.9 Å². The monoisotopic (exact) mass is 262 g/mol. The van der Waals surface area contributed by atoms with Crippen LogP contribution in [0.3, 0.4) is 0 Å². The van der Waals surface area contributed by atoms with Crippen LogP contribution < -0.4 is 11.5 Å². The number of benzene rings is 2. The van der Waals surface area contributed by atoms with Gasteiger partial charge in [0.05, 0.1) is 0 Å². The smallest absolute Gasteiger partial charge is 0.124 e. The molecular formula is C14H15FN2S. The van der Waals surface area contributed by atoms with E-state index >= 15 is 0 Å². The zero-order valence-electron chi connectivity index (χ0n) is 9.84. The molecular weight excluding hydrogens is 247 g/mol. The Morgan fingerprint density at radius 2 is 1.83 bits per heavy atom. The first-order valence-corrected chi connectivity index (χ1v) is 6.64. The fourth-order valence-corrected chi connectivity index (χ4v) is 2.59. The van der Waals surface area contributed by atoms with Gasteiger partial charge in [-0.05, 0) is 23.8 Å². The average Bonchev–Trinajstić information content (AvgIpc) is 2.40. The molecule has 0 aromatic heterocycles. The van der Waals surface area contributed by atoms with Crippen molar-refractivity contribution in [3.8, 4) is 0 Å². The molecule has 4 N–H and O–H groups in total. The molecule has 0 saturated heterocycles. The zero-order chi connectivity index (χ0) is 13.0. The fraction of sp³-hybridized carbons (Fsp3) is 0.143. The lowest BCUT2D eigenvalue weighted by atomic mass is 10.1. The van der Waals surface area contributed by atoms with Gasteiger partial charge in [0.25, 0.3) is 0 Å². The SMILES string of the molecule is Nc1ccc(F)cc1SCC(N)c1ccccc1. The molecule has 0 aliphatic rings. The van der Waals surface area contributed by atoms with Crippen molar-refractivity contribution in [2.24, 2.45) is 5.73 Å². The molecule has 0 fully saturated rings. The highest BCUT2D eigenvalue weighted by Crippen LogP contribution is 2.28. The van der Waals surface area contributed by atoms with Crippen molar-refractivity contribution < 1.29 is 4.39 Å². The van der Waals surface area contributed by atoms with Gasteiger partial charge < -0.3 is 11.5 Å². The van der Waals surface area contributed by atoms with E-state index in [1.165, 1.54) is 23.9 Å². The third kappa shape index (κ3) is 3.24. The van der Waals surface area contributed by atoms with Crippen molar-refractivity contribution in [3.05, 3.63) is 59.9 Å². The van der Waals surface area contributed by atoms with Gasteiger partial charge in [-0.1, -0.05) is 30.3 Å². The van der Waals surface area contributed by atoms with Crippen LogP contribution in [-0.4, -0.2) is 5.75 Å². The van der Waals surface area contributed by atoms with Crippen molar-refractivity contribution in [3.63, 3.8) is 0 Å². The first-order valence-electron chi connectivity index (χ1n) is 5.65. The van der Waals surface area contributed by atoms with E-state index in [1.807, 2.05) is 30.3 Å². The summed E-state index contributed by atoms with van der Waals surface area (Å²) in [5, 5.41) is 0. The van der Waals surface area contributed by atoms with Gasteiger partial charge in [-0.15, -0.1) is 11.8 Å². The molecule has 1 atom stereocenters. The summed E-state index contributed by atoms with van der Waals surface area (Å²) in [6, 6.07) is 14.1. The highest BCUT2D eigenvalue weighted by atomic mass is 32.2. The maximum Gasteiger partial charge on any atom is 0.124 e. The van der Waals surface area contributed by atoms with E-state index in [9.17, 15) is 4.39 Å². The molecule has 2 aromatic carbocycles. The van der Waals surface area contributed by atoms with Crippen LogP contribution in [0.25, 0.3) is 0 Å². The topological polar surface area (TPSA) is 52.0 Å². The van der Waals surface area contributed by atoms with Crippen LogP contribution in [0.1, 0.15) is 11.6 Å². The van der Waals surface area contributed by atoms with Crippen LogP contribution in [0.2, 0.25) is 0 Å². The predicted molar refractivity (Wildman–Crippen MR) is 74.9 cm³/mol. The van der Waals surface area contributed by atoms with Gasteiger partial charge in [-0.3, -0.25) is 0 Å². The van der Waals surface area contributed by atoms with Crippen molar-refractivity contribution in [1.82, 2.24) is 0 Å². The van der Waals surface area contributed by atoms with Gasteiger partial charge in [0.2, 0.25) is 0 Å².